The van der Waals surface area contributed by atoms with Crippen LogP contribution < -0.4 is 0 Å². The van der Waals surface area contributed by atoms with E-state index in [-0.39, 0.29) is 0 Å². The highest BCUT2D eigenvalue weighted by Crippen LogP contribution is 1.92. The fourth-order valence-corrected chi connectivity index (χ4v) is 0.965. The lowest BCUT2D eigenvalue weighted by Gasteiger charge is -1.86. The third-order valence-corrected chi connectivity index (χ3v) is 2.15. The van der Waals surface area contributed by atoms with Crippen molar-refractivity contribution in [3.8, 4) is 6.07 Å². The molecule has 100 valence electrons. The average molecular weight is 257 g/mol. The van der Waals surface area contributed by atoms with Crippen LogP contribution in [0.4, 0.5) is 0 Å². The molecule has 0 saturated heterocycles. The molecule has 0 amide bonds. The Balaban J connectivity index is -0.000000177. The lowest BCUT2D eigenvalue weighted by molar-refractivity contribution is -0.117. The summed E-state index contributed by atoms with van der Waals surface area (Å²) < 4.78 is 4.83. The molecule has 0 aliphatic rings. The first-order chi connectivity index (χ1) is 8.10. The standard InChI is InChI=1S/C6H12O.C4H10O.C3H4N.Al.2H/c1-3-4-5-6(2)7;1-3-5-4-2;1-2-3-4;;;/h3-5H2,1-2H3;3-4H2,1-2H3;1-2H2;;;. The number of ether oxygens (including phenoxy) is 1. The van der Waals surface area contributed by atoms with Gasteiger partial charge in [-0.15, -0.1) is 0 Å². The summed E-state index contributed by atoms with van der Waals surface area (Å²) in [5, 5.41) is 8.96. The number of nitrogens with zero attached hydrogens (tertiary/aromatic N) is 1. The Morgan fingerprint density at radius 2 is 1.82 bits per heavy atom. The molecule has 0 radical (unpaired) electrons. The summed E-state index contributed by atoms with van der Waals surface area (Å²) >= 11 is 1.18. The molecule has 0 saturated carbocycles. The number of rotatable bonds is 6. The highest BCUT2D eigenvalue weighted by Gasteiger charge is 1.87. The number of carbonyl (C=O) groups is 1. The van der Waals surface area contributed by atoms with Gasteiger partial charge in [0.05, 0.1) is 6.07 Å². The van der Waals surface area contributed by atoms with Gasteiger partial charge >= 0.3 is 0 Å². The summed E-state index contributed by atoms with van der Waals surface area (Å²) in [5.41, 5.74) is 0. The normalized spacial score (nSPS) is 7.94. The topological polar surface area (TPSA) is 50.1 Å². The van der Waals surface area contributed by atoms with E-state index >= 15 is 0 Å². The highest BCUT2D eigenvalue weighted by molar-refractivity contribution is 6.08. The molecule has 0 rings (SSSR count). The molecular formula is C13H28AlNO2. The maximum Gasteiger partial charge on any atom is 0.213 e. The number of unbranched alkanes of at least 4 members (excludes halogenated alkanes) is 1. The molecule has 0 aromatic rings. The van der Waals surface area contributed by atoms with Crippen LogP contribution in [-0.4, -0.2) is 35.3 Å². The molecule has 0 aromatic carbocycles. The average Bonchev–Trinajstić information content (AvgIpc) is 2.30. The van der Waals surface area contributed by atoms with Gasteiger partial charge in [-0.05, 0) is 27.2 Å². The fourth-order valence-electron chi connectivity index (χ4n) is 0.742. The Kier molecular flexibility index (Phi) is 31.9. The summed E-state index contributed by atoms with van der Waals surface area (Å²) in [5.74, 6) is 0.307. The van der Waals surface area contributed by atoms with E-state index in [4.69, 9.17) is 10.00 Å². The third kappa shape index (κ3) is 49.8. The van der Waals surface area contributed by atoms with Crippen molar-refractivity contribution in [3.05, 3.63) is 0 Å². The zero-order valence-corrected chi connectivity index (χ0v) is 14.2. The van der Waals surface area contributed by atoms with Gasteiger partial charge in [0, 0.05) is 26.1 Å². The van der Waals surface area contributed by atoms with Crippen molar-refractivity contribution >= 4 is 22.1 Å². The van der Waals surface area contributed by atoms with E-state index in [9.17, 15) is 4.79 Å². The summed E-state index contributed by atoms with van der Waals surface area (Å²) in [6.07, 6.45) is 3.69. The SMILES string of the molecule is CCCCC(C)=O.CCOCC.N#CC[CH2][AlH2]. The Morgan fingerprint density at radius 1 is 1.29 bits per heavy atom. The molecule has 0 fully saturated rings. The maximum absolute atomic E-state index is 10.2. The van der Waals surface area contributed by atoms with Crippen LogP contribution in [0.2, 0.25) is 5.28 Å². The van der Waals surface area contributed by atoms with Crippen LogP contribution in [0.15, 0.2) is 0 Å². The monoisotopic (exact) mass is 257 g/mol. The van der Waals surface area contributed by atoms with Crippen LogP contribution >= 0.6 is 0 Å². The first kappa shape index (κ1) is 21.9. The Labute approximate surface area is 115 Å². The smallest absolute Gasteiger partial charge is 0.213 e. The molecule has 17 heavy (non-hydrogen) atoms. The van der Waals surface area contributed by atoms with Crippen molar-refractivity contribution in [2.24, 2.45) is 0 Å². The summed E-state index contributed by atoms with van der Waals surface area (Å²) in [4.78, 5) is 10.2. The molecule has 0 spiro atoms. The molecule has 0 aromatic heterocycles. The summed E-state index contributed by atoms with van der Waals surface area (Å²) in [7, 11) is 0. The molecule has 0 unspecified atom stereocenters. The predicted molar refractivity (Wildman–Crippen MR) is 76.0 cm³/mol. The van der Waals surface area contributed by atoms with E-state index in [0.29, 0.717) is 5.78 Å². The van der Waals surface area contributed by atoms with Crippen molar-refractivity contribution in [3.63, 3.8) is 0 Å². The largest absolute Gasteiger partial charge is 0.382 e. The van der Waals surface area contributed by atoms with Gasteiger partial charge in [-0.3, -0.25) is 0 Å². The van der Waals surface area contributed by atoms with Gasteiger partial charge in [0.25, 0.3) is 0 Å². The number of hydrogen-bond acceptors (Lipinski definition) is 3. The van der Waals surface area contributed by atoms with Crippen LogP contribution in [0.1, 0.15) is 53.4 Å². The quantitative estimate of drug-likeness (QED) is 0.687. The van der Waals surface area contributed by atoms with Gasteiger partial charge in [-0.1, -0.05) is 18.6 Å². The molecular weight excluding hydrogens is 229 g/mol. The van der Waals surface area contributed by atoms with E-state index in [1.165, 1.54) is 16.3 Å². The third-order valence-electron chi connectivity index (χ3n) is 1.65. The lowest BCUT2D eigenvalue weighted by atomic mass is 10.2. The first-order valence-corrected chi connectivity index (χ1v) is 7.95. The zero-order valence-electron chi connectivity index (χ0n) is 12.2. The molecule has 0 aliphatic heterocycles. The lowest BCUT2D eigenvalue weighted by Crippen LogP contribution is -1.86. The van der Waals surface area contributed by atoms with Crippen molar-refractivity contribution in [1.29, 1.82) is 5.26 Å². The van der Waals surface area contributed by atoms with E-state index in [2.05, 4.69) is 13.0 Å². The second-order valence-electron chi connectivity index (χ2n) is 3.50. The molecule has 0 N–H and O–H groups in total. The molecule has 0 aliphatic carbocycles. The second kappa shape index (κ2) is 24.7. The molecule has 3 nitrogen and oxygen atoms in total. The van der Waals surface area contributed by atoms with Crippen molar-refractivity contribution in [1.82, 2.24) is 0 Å². The van der Waals surface area contributed by atoms with Crippen LogP contribution in [0.3, 0.4) is 0 Å². The fraction of sp³-hybridized carbons (Fsp3) is 0.846. The highest BCUT2D eigenvalue weighted by atomic mass is 27.0. The predicted octanol–water partition coefficient (Wildman–Crippen LogP) is 2.76. The van der Waals surface area contributed by atoms with E-state index < -0.39 is 0 Å². The number of ketones is 1. The van der Waals surface area contributed by atoms with Crippen LogP contribution in [0.5, 0.6) is 0 Å². The molecule has 0 bridgehead atoms. The number of nitriles is 1. The number of Topliss-reactive ketones (excluding diaryl/α,β-unsaturated/α-hetero) is 1. The van der Waals surface area contributed by atoms with E-state index in [1.54, 1.807) is 6.92 Å². The van der Waals surface area contributed by atoms with Gasteiger partial charge in [0.2, 0.25) is 16.3 Å². The summed E-state index contributed by atoms with van der Waals surface area (Å²) in [6.45, 7) is 9.39. The second-order valence-corrected chi connectivity index (χ2v) is 4.50. The summed E-state index contributed by atoms with van der Waals surface area (Å²) in [6, 6.07) is 2.05. The first-order valence-electron chi connectivity index (χ1n) is 6.54. The Bertz CT molecular complexity index is 177. The van der Waals surface area contributed by atoms with Gasteiger partial charge in [0.15, 0.2) is 0 Å². The molecule has 0 heterocycles. The zero-order chi connectivity index (χ0) is 13.9. The van der Waals surface area contributed by atoms with Crippen molar-refractivity contribution in [2.45, 2.75) is 58.7 Å². The van der Waals surface area contributed by atoms with E-state index in [1.807, 2.05) is 13.8 Å². The minimum absolute atomic E-state index is 0.307. The van der Waals surface area contributed by atoms with Gasteiger partial charge in [-0.2, -0.15) is 5.26 Å². The Morgan fingerprint density at radius 3 is 1.88 bits per heavy atom. The number of hydrogen-bond donors (Lipinski definition) is 0. The van der Waals surface area contributed by atoms with Crippen LogP contribution in [0.25, 0.3) is 0 Å². The van der Waals surface area contributed by atoms with Gasteiger partial charge in [0.1, 0.15) is 5.78 Å². The van der Waals surface area contributed by atoms with Gasteiger partial charge < -0.3 is 9.53 Å². The van der Waals surface area contributed by atoms with Crippen LogP contribution in [0, 0.1) is 11.3 Å². The van der Waals surface area contributed by atoms with Crippen molar-refractivity contribution < 1.29 is 9.53 Å². The van der Waals surface area contributed by atoms with E-state index in [0.717, 1.165) is 44.2 Å². The van der Waals surface area contributed by atoms with Crippen LogP contribution in [-0.2, 0) is 9.53 Å². The molecule has 4 heteroatoms. The number of carbonyl (C=O) groups excluding carboxylic acids is 1. The minimum atomic E-state index is 0.307. The Hall–Kier alpha value is -0.348. The minimum Gasteiger partial charge on any atom is -0.382 e. The molecule has 0 atom stereocenters. The maximum atomic E-state index is 10.2. The van der Waals surface area contributed by atoms with Gasteiger partial charge in [-0.25, -0.2) is 0 Å². The van der Waals surface area contributed by atoms with Crippen molar-refractivity contribution in [2.75, 3.05) is 13.2 Å².